The molecule has 0 amide bonds. The van der Waals surface area contributed by atoms with Crippen LogP contribution in [0.1, 0.15) is 22.7 Å². The molecule has 4 nitrogen and oxygen atoms in total. The van der Waals surface area contributed by atoms with Crippen molar-refractivity contribution >= 4 is 0 Å². The largest absolute Gasteiger partial charge is 0.496 e. The van der Waals surface area contributed by atoms with Crippen molar-refractivity contribution in [3.63, 3.8) is 0 Å². The van der Waals surface area contributed by atoms with Gasteiger partial charge in [0.2, 0.25) is 0 Å². The van der Waals surface area contributed by atoms with Crippen LogP contribution >= 0.6 is 0 Å². The minimum atomic E-state index is 0.0495. The Kier molecular flexibility index (Phi) is 4.80. The van der Waals surface area contributed by atoms with E-state index in [2.05, 4.69) is 24.8 Å². The lowest BCUT2D eigenvalue weighted by molar-refractivity contribution is 0.00241. The highest BCUT2D eigenvalue weighted by molar-refractivity contribution is 5.44. The van der Waals surface area contributed by atoms with E-state index in [-0.39, 0.29) is 12.6 Å². The smallest absolute Gasteiger partial charge is 0.122 e. The molecule has 2 rings (SSSR count). The molecule has 1 aromatic rings. The lowest BCUT2D eigenvalue weighted by Gasteiger charge is -2.34. The third-order valence-electron chi connectivity index (χ3n) is 4.02. The Labute approximate surface area is 114 Å². The summed E-state index contributed by atoms with van der Waals surface area (Å²) >= 11 is 0. The summed E-state index contributed by atoms with van der Waals surface area (Å²) in [6, 6.07) is 4.10. The number of nitrogens with zero attached hydrogens (tertiary/aromatic N) is 1. The van der Waals surface area contributed by atoms with E-state index in [4.69, 9.17) is 9.47 Å². The summed E-state index contributed by atoms with van der Waals surface area (Å²) in [6.45, 7) is 7.51. The van der Waals surface area contributed by atoms with Gasteiger partial charge < -0.3 is 14.6 Å². The van der Waals surface area contributed by atoms with E-state index in [1.54, 1.807) is 7.11 Å². The highest BCUT2D eigenvalue weighted by Crippen LogP contribution is 2.30. The molecule has 1 heterocycles. The number of rotatable bonds is 4. The average Bonchev–Trinajstić information content (AvgIpc) is 2.45. The fraction of sp³-hybridized carbons (Fsp3) is 0.600. The van der Waals surface area contributed by atoms with Gasteiger partial charge in [-0.1, -0.05) is 6.07 Å². The summed E-state index contributed by atoms with van der Waals surface area (Å²) in [5, 5.41) is 9.76. The van der Waals surface area contributed by atoms with Crippen LogP contribution < -0.4 is 4.74 Å². The number of hydrogen-bond acceptors (Lipinski definition) is 4. The number of methoxy groups -OCH3 is 1. The van der Waals surface area contributed by atoms with Crippen LogP contribution in [0, 0.1) is 13.8 Å². The van der Waals surface area contributed by atoms with Crippen LogP contribution in [0.25, 0.3) is 0 Å². The van der Waals surface area contributed by atoms with Gasteiger partial charge in [-0.05, 0) is 36.6 Å². The molecule has 0 saturated carbocycles. The molecule has 1 atom stereocenters. The Balaban J connectivity index is 2.30. The van der Waals surface area contributed by atoms with E-state index in [0.29, 0.717) is 0 Å². The number of morpholine rings is 1. The zero-order valence-corrected chi connectivity index (χ0v) is 12.0. The zero-order valence-electron chi connectivity index (χ0n) is 12.0. The average molecular weight is 265 g/mol. The molecule has 0 aromatic heterocycles. The van der Waals surface area contributed by atoms with Crippen LogP contribution in [0.4, 0.5) is 0 Å². The molecule has 1 fully saturated rings. The summed E-state index contributed by atoms with van der Waals surface area (Å²) in [4.78, 5) is 2.29. The Hall–Kier alpha value is -1.10. The molecule has 0 bridgehead atoms. The Morgan fingerprint density at radius 2 is 1.95 bits per heavy atom. The molecule has 1 saturated heterocycles. The van der Waals surface area contributed by atoms with Gasteiger partial charge in [0.1, 0.15) is 5.75 Å². The second kappa shape index (κ2) is 6.37. The number of aliphatic hydroxyl groups is 1. The van der Waals surface area contributed by atoms with Gasteiger partial charge in [-0.2, -0.15) is 0 Å². The minimum absolute atomic E-state index is 0.0495. The van der Waals surface area contributed by atoms with E-state index in [0.717, 1.165) is 37.6 Å². The van der Waals surface area contributed by atoms with Crippen LogP contribution in [0.2, 0.25) is 0 Å². The number of hydrogen-bond donors (Lipinski definition) is 1. The van der Waals surface area contributed by atoms with Gasteiger partial charge in [-0.15, -0.1) is 0 Å². The predicted molar refractivity (Wildman–Crippen MR) is 74.7 cm³/mol. The van der Waals surface area contributed by atoms with Crippen molar-refractivity contribution in [2.45, 2.75) is 19.9 Å². The summed E-state index contributed by atoms with van der Waals surface area (Å²) in [7, 11) is 1.69. The molecule has 19 heavy (non-hydrogen) atoms. The second-order valence-electron chi connectivity index (χ2n) is 4.95. The quantitative estimate of drug-likeness (QED) is 0.899. The molecule has 106 valence electrons. The van der Waals surface area contributed by atoms with Crippen LogP contribution in [-0.2, 0) is 4.74 Å². The topological polar surface area (TPSA) is 41.9 Å². The molecule has 1 aromatic carbocycles. The Bertz CT molecular complexity index is 428. The van der Waals surface area contributed by atoms with Gasteiger partial charge in [0.25, 0.3) is 0 Å². The van der Waals surface area contributed by atoms with Gasteiger partial charge in [0.15, 0.2) is 0 Å². The molecule has 1 unspecified atom stereocenters. The van der Waals surface area contributed by atoms with E-state index in [1.807, 2.05) is 6.07 Å². The summed E-state index contributed by atoms with van der Waals surface area (Å²) < 4.78 is 10.7. The monoisotopic (exact) mass is 265 g/mol. The molecule has 0 radical (unpaired) electrons. The van der Waals surface area contributed by atoms with Crippen molar-refractivity contribution in [1.82, 2.24) is 4.90 Å². The molecular formula is C15H23NO3. The maximum absolute atomic E-state index is 9.76. The fourth-order valence-electron chi connectivity index (χ4n) is 2.70. The van der Waals surface area contributed by atoms with E-state index < -0.39 is 0 Å². The normalized spacial score (nSPS) is 18.3. The zero-order chi connectivity index (χ0) is 13.8. The first-order chi connectivity index (χ1) is 9.19. The SMILES string of the molecule is COc1ccc(C(CO)N2CCOCC2)c(C)c1C. The van der Waals surface area contributed by atoms with Gasteiger partial charge in [-0.25, -0.2) is 0 Å². The van der Waals surface area contributed by atoms with Crippen molar-refractivity contribution in [1.29, 1.82) is 0 Å². The summed E-state index contributed by atoms with van der Waals surface area (Å²) in [5.74, 6) is 0.903. The van der Waals surface area contributed by atoms with Crippen molar-refractivity contribution < 1.29 is 14.6 Å². The van der Waals surface area contributed by atoms with Gasteiger partial charge in [0, 0.05) is 13.1 Å². The molecule has 0 spiro atoms. The second-order valence-corrected chi connectivity index (χ2v) is 4.95. The van der Waals surface area contributed by atoms with Gasteiger partial charge in [-0.3, -0.25) is 4.90 Å². The maximum atomic E-state index is 9.76. The minimum Gasteiger partial charge on any atom is -0.496 e. The maximum Gasteiger partial charge on any atom is 0.122 e. The van der Waals surface area contributed by atoms with Crippen molar-refractivity contribution in [2.75, 3.05) is 40.0 Å². The standard InChI is InChI=1S/C15H23NO3/c1-11-12(2)15(18-3)5-4-13(11)14(10-17)16-6-8-19-9-7-16/h4-5,14,17H,6-10H2,1-3H3. The fourth-order valence-corrected chi connectivity index (χ4v) is 2.70. The highest BCUT2D eigenvalue weighted by Gasteiger charge is 2.24. The number of ether oxygens (including phenoxy) is 2. The van der Waals surface area contributed by atoms with E-state index in [9.17, 15) is 5.11 Å². The van der Waals surface area contributed by atoms with Crippen LogP contribution in [0.5, 0.6) is 5.75 Å². The molecule has 1 aliphatic rings. The van der Waals surface area contributed by atoms with Crippen LogP contribution in [0.15, 0.2) is 12.1 Å². The first-order valence-corrected chi connectivity index (χ1v) is 6.75. The van der Waals surface area contributed by atoms with Crippen LogP contribution in [-0.4, -0.2) is 50.0 Å². The number of benzene rings is 1. The third kappa shape index (κ3) is 2.91. The Morgan fingerprint density at radius 1 is 1.26 bits per heavy atom. The molecule has 4 heteroatoms. The van der Waals surface area contributed by atoms with Crippen LogP contribution in [0.3, 0.4) is 0 Å². The molecule has 1 N–H and O–H groups in total. The van der Waals surface area contributed by atoms with Crippen molar-refractivity contribution in [3.8, 4) is 5.75 Å². The van der Waals surface area contributed by atoms with Gasteiger partial charge in [0.05, 0.1) is 33.0 Å². The Morgan fingerprint density at radius 3 is 2.53 bits per heavy atom. The lowest BCUT2D eigenvalue weighted by atomic mass is 9.96. The molecular weight excluding hydrogens is 242 g/mol. The van der Waals surface area contributed by atoms with Gasteiger partial charge >= 0.3 is 0 Å². The first-order valence-electron chi connectivity index (χ1n) is 6.75. The summed E-state index contributed by atoms with van der Waals surface area (Å²) in [5.41, 5.74) is 3.53. The van der Waals surface area contributed by atoms with Crippen molar-refractivity contribution in [3.05, 3.63) is 28.8 Å². The van der Waals surface area contributed by atoms with E-state index >= 15 is 0 Å². The van der Waals surface area contributed by atoms with E-state index in [1.165, 1.54) is 11.1 Å². The summed E-state index contributed by atoms with van der Waals surface area (Å²) in [6.07, 6.45) is 0. The predicted octanol–water partition coefficient (Wildman–Crippen LogP) is 1.68. The molecule has 1 aliphatic heterocycles. The van der Waals surface area contributed by atoms with Crippen molar-refractivity contribution in [2.24, 2.45) is 0 Å². The lowest BCUT2D eigenvalue weighted by Crippen LogP contribution is -2.40. The number of aliphatic hydroxyl groups excluding tert-OH is 1. The third-order valence-corrected chi connectivity index (χ3v) is 4.02. The highest BCUT2D eigenvalue weighted by atomic mass is 16.5. The first kappa shape index (κ1) is 14.3. The molecule has 0 aliphatic carbocycles.